The highest BCUT2D eigenvalue weighted by molar-refractivity contribution is 7.94. The summed E-state index contributed by atoms with van der Waals surface area (Å²) in [4.78, 5) is 0. The van der Waals surface area contributed by atoms with Crippen LogP contribution in [-0.4, -0.2) is 26.9 Å². The van der Waals surface area contributed by atoms with E-state index in [1.807, 2.05) is 0 Å². The molecular formula is C12H20O3S. The third-order valence-corrected chi connectivity index (χ3v) is 4.82. The van der Waals surface area contributed by atoms with Crippen LogP contribution in [0, 0.1) is 17.3 Å². The van der Waals surface area contributed by atoms with Crippen molar-refractivity contribution in [2.45, 2.75) is 33.3 Å². The second-order valence-electron chi connectivity index (χ2n) is 6.00. The Morgan fingerprint density at radius 3 is 2.50 bits per heavy atom. The Bertz CT molecular complexity index is 389. The minimum Gasteiger partial charge on any atom is -0.373 e. The number of hydrogen-bond donors (Lipinski definition) is 0. The number of sulfone groups is 1. The second-order valence-corrected chi connectivity index (χ2v) is 7.93. The van der Waals surface area contributed by atoms with E-state index in [0.717, 1.165) is 5.92 Å². The molecule has 1 aliphatic carbocycles. The standard InChI is InChI=1S/C12H20O3S/c1-12(2,3)11-6-9(11)7-15-10-4-5-16(13,14)8-10/h4-5,9-11H,6-8H2,1-3H3. The van der Waals surface area contributed by atoms with E-state index in [1.165, 1.54) is 11.8 Å². The van der Waals surface area contributed by atoms with E-state index < -0.39 is 9.84 Å². The molecule has 1 saturated carbocycles. The fourth-order valence-corrected chi connectivity index (χ4v) is 3.58. The second kappa shape index (κ2) is 3.84. The maximum Gasteiger partial charge on any atom is 0.174 e. The van der Waals surface area contributed by atoms with Gasteiger partial charge in [-0.2, -0.15) is 0 Å². The molecule has 1 aliphatic heterocycles. The van der Waals surface area contributed by atoms with E-state index in [1.54, 1.807) is 6.08 Å². The molecule has 92 valence electrons. The molecule has 1 fully saturated rings. The van der Waals surface area contributed by atoms with E-state index in [9.17, 15) is 8.42 Å². The zero-order valence-corrected chi connectivity index (χ0v) is 11.0. The predicted octanol–water partition coefficient (Wildman–Crippen LogP) is 2.00. The lowest BCUT2D eigenvalue weighted by molar-refractivity contribution is 0.0842. The molecule has 2 rings (SSSR count). The fraction of sp³-hybridized carbons (Fsp3) is 0.833. The normalized spacial score (nSPS) is 36.6. The van der Waals surface area contributed by atoms with Gasteiger partial charge in [-0.1, -0.05) is 20.8 Å². The molecule has 3 unspecified atom stereocenters. The Morgan fingerprint density at radius 2 is 2.06 bits per heavy atom. The Balaban J connectivity index is 1.74. The topological polar surface area (TPSA) is 43.4 Å². The van der Waals surface area contributed by atoms with Gasteiger partial charge in [-0.15, -0.1) is 0 Å². The molecular weight excluding hydrogens is 224 g/mol. The van der Waals surface area contributed by atoms with Gasteiger partial charge in [-0.05, 0) is 29.7 Å². The Labute approximate surface area is 97.8 Å². The summed E-state index contributed by atoms with van der Waals surface area (Å²) in [5.74, 6) is 1.48. The molecule has 2 aliphatic rings. The van der Waals surface area contributed by atoms with E-state index >= 15 is 0 Å². The molecule has 0 radical (unpaired) electrons. The molecule has 0 N–H and O–H groups in total. The number of ether oxygens (including phenoxy) is 1. The first-order valence-electron chi connectivity index (χ1n) is 5.80. The van der Waals surface area contributed by atoms with Gasteiger partial charge in [0.2, 0.25) is 0 Å². The highest BCUT2D eigenvalue weighted by Gasteiger charge is 2.45. The van der Waals surface area contributed by atoms with Crippen LogP contribution in [0.25, 0.3) is 0 Å². The molecule has 0 saturated heterocycles. The van der Waals surface area contributed by atoms with Crippen LogP contribution in [-0.2, 0) is 14.6 Å². The van der Waals surface area contributed by atoms with Crippen molar-refractivity contribution < 1.29 is 13.2 Å². The van der Waals surface area contributed by atoms with Crippen molar-refractivity contribution in [3.63, 3.8) is 0 Å². The van der Waals surface area contributed by atoms with Crippen LogP contribution in [0.1, 0.15) is 27.2 Å². The summed E-state index contributed by atoms with van der Waals surface area (Å²) in [6, 6.07) is 0. The smallest absolute Gasteiger partial charge is 0.174 e. The first-order valence-corrected chi connectivity index (χ1v) is 7.52. The van der Waals surface area contributed by atoms with Crippen molar-refractivity contribution in [1.29, 1.82) is 0 Å². The van der Waals surface area contributed by atoms with E-state index in [-0.39, 0.29) is 11.9 Å². The average molecular weight is 244 g/mol. The summed E-state index contributed by atoms with van der Waals surface area (Å²) in [6.07, 6.45) is 2.66. The average Bonchev–Trinajstić information content (AvgIpc) is 2.82. The van der Waals surface area contributed by atoms with E-state index in [4.69, 9.17) is 4.74 Å². The highest BCUT2D eigenvalue weighted by atomic mass is 32.2. The van der Waals surface area contributed by atoms with Crippen LogP contribution in [0.4, 0.5) is 0 Å². The van der Waals surface area contributed by atoms with Gasteiger partial charge in [0.1, 0.15) is 0 Å². The first-order chi connectivity index (χ1) is 7.28. The monoisotopic (exact) mass is 244 g/mol. The van der Waals surface area contributed by atoms with Gasteiger partial charge >= 0.3 is 0 Å². The predicted molar refractivity (Wildman–Crippen MR) is 63.7 cm³/mol. The summed E-state index contributed by atoms with van der Waals surface area (Å²) in [7, 11) is -2.97. The summed E-state index contributed by atoms with van der Waals surface area (Å²) in [5, 5.41) is 1.27. The highest BCUT2D eigenvalue weighted by Crippen LogP contribution is 2.50. The van der Waals surface area contributed by atoms with Crippen LogP contribution in [0.5, 0.6) is 0 Å². The Hall–Kier alpha value is -0.350. The SMILES string of the molecule is CC(C)(C)C1CC1COC1C=CS(=O)(=O)C1. The molecule has 0 aromatic rings. The van der Waals surface area contributed by atoms with Gasteiger partial charge in [0.15, 0.2) is 9.84 Å². The number of rotatable bonds is 3. The maximum atomic E-state index is 11.2. The minimum atomic E-state index is -2.97. The molecule has 3 atom stereocenters. The summed E-state index contributed by atoms with van der Waals surface area (Å²) >= 11 is 0. The molecule has 4 heteroatoms. The van der Waals surface area contributed by atoms with Gasteiger partial charge in [-0.25, -0.2) is 8.42 Å². The third kappa shape index (κ3) is 2.86. The summed E-state index contributed by atoms with van der Waals surface area (Å²) in [5.41, 5.74) is 0.353. The van der Waals surface area contributed by atoms with Crippen molar-refractivity contribution in [2.75, 3.05) is 12.4 Å². The maximum absolute atomic E-state index is 11.2. The lowest BCUT2D eigenvalue weighted by atomic mass is 9.89. The van der Waals surface area contributed by atoms with Gasteiger partial charge in [-0.3, -0.25) is 0 Å². The van der Waals surface area contributed by atoms with Crippen LogP contribution < -0.4 is 0 Å². The van der Waals surface area contributed by atoms with Gasteiger partial charge in [0.25, 0.3) is 0 Å². The molecule has 16 heavy (non-hydrogen) atoms. The molecule has 0 bridgehead atoms. The molecule has 0 spiro atoms. The van der Waals surface area contributed by atoms with Gasteiger partial charge in [0, 0.05) is 5.41 Å². The van der Waals surface area contributed by atoms with Crippen molar-refractivity contribution in [1.82, 2.24) is 0 Å². The van der Waals surface area contributed by atoms with Crippen molar-refractivity contribution in [2.24, 2.45) is 17.3 Å². The molecule has 0 amide bonds. The zero-order chi connectivity index (χ0) is 12.0. The van der Waals surface area contributed by atoms with Crippen LogP contribution in [0.15, 0.2) is 11.5 Å². The van der Waals surface area contributed by atoms with Crippen LogP contribution in [0.2, 0.25) is 0 Å². The lowest BCUT2D eigenvalue weighted by Gasteiger charge is -2.18. The van der Waals surface area contributed by atoms with Gasteiger partial charge in [0.05, 0.1) is 18.5 Å². The fourth-order valence-electron chi connectivity index (χ4n) is 2.39. The van der Waals surface area contributed by atoms with Crippen molar-refractivity contribution >= 4 is 9.84 Å². The van der Waals surface area contributed by atoms with E-state index in [0.29, 0.717) is 17.9 Å². The van der Waals surface area contributed by atoms with Gasteiger partial charge < -0.3 is 4.74 Å². The Kier molecular flexibility index (Phi) is 2.91. The van der Waals surface area contributed by atoms with Crippen molar-refractivity contribution in [3.8, 4) is 0 Å². The van der Waals surface area contributed by atoms with Crippen molar-refractivity contribution in [3.05, 3.63) is 11.5 Å². The molecule has 3 nitrogen and oxygen atoms in total. The van der Waals surface area contributed by atoms with E-state index in [2.05, 4.69) is 20.8 Å². The zero-order valence-electron chi connectivity index (χ0n) is 10.1. The quantitative estimate of drug-likeness (QED) is 0.762. The lowest BCUT2D eigenvalue weighted by Crippen LogP contribution is -2.18. The third-order valence-electron chi connectivity index (χ3n) is 3.46. The minimum absolute atomic E-state index is 0.125. The first kappa shape index (κ1) is 12.1. The summed E-state index contributed by atoms with van der Waals surface area (Å²) in [6.45, 7) is 7.44. The Morgan fingerprint density at radius 1 is 1.38 bits per heavy atom. The molecule has 0 aromatic carbocycles. The molecule has 0 aromatic heterocycles. The largest absolute Gasteiger partial charge is 0.373 e. The van der Waals surface area contributed by atoms with Crippen LogP contribution >= 0.6 is 0 Å². The van der Waals surface area contributed by atoms with Crippen LogP contribution in [0.3, 0.4) is 0 Å². The number of hydrogen-bond acceptors (Lipinski definition) is 3. The summed E-state index contributed by atoms with van der Waals surface area (Å²) < 4.78 is 27.9. The molecule has 1 heterocycles.